The molecule has 0 atom stereocenters. The van der Waals surface area contributed by atoms with E-state index in [2.05, 4.69) is 10.2 Å². The van der Waals surface area contributed by atoms with Crippen LogP contribution in [0.4, 0.5) is 4.39 Å². The van der Waals surface area contributed by atoms with E-state index in [1.807, 2.05) is 0 Å². The minimum Gasteiger partial charge on any atom is -0.475 e. The fourth-order valence-corrected chi connectivity index (χ4v) is 1.77. The number of hydrogen-bond donors (Lipinski definition) is 1. The smallest absolute Gasteiger partial charge is 0.374 e. The summed E-state index contributed by atoms with van der Waals surface area (Å²) in [6.07, 6.45) is 0.223. The Kier molecular flexibility index (Phi) is 3.36. The lowest BCUT2D eigenvalue weighted by Crippen LogP contribution is -2.11. The van der Waals surface area contributed by atoms with Gasteiger partial charge < -0.3 is 9.67 Å². The maximum Gasteiger partial charge on any atom is 0.374 e. The van der Waals surface area contributed by atoms with Crippen molar-refractivity contribution < 1.29 is 14.3 Å². The highest BCUT2D eigenvalue weighted by atomic mass is 19.1. The fourth-order valence-electron chi connectivity index (χ4n) is 1.77. The maximum atomic E-state index is 13.5. The van der Waals surface area contributed by atoms with Gasteiger partial charge in [-0.15, -0.1) is 10.2 Å². The minimum absolute atomic E-state index is 0.121. The second-order valence-electron chi connectivity index (χ2n) is 3.76. The largest absolute Gasteiger partial charge is 0.475 e. The van der Waals surface area contributed by atoms with E-state index in [4.69, 9.17) is 5.11 Å². The number of benzene rings is 1. The van der Waals surface area contributed by atoms with Crippen LogP contribution in [-0.4, -0.2) is 25.8 Å². The molecule has 0 saturated heterocycles. The van der Waals surface area contributed by atoms with Gasteiger partial charge in [-0.3, -0.25) is 0 Å². The zero-order chi connectivity index (χ0) is 13.1. The molecule has 1 aromatic carbocycles. The lowest BCUT2D eigenvalue weighted by atomic mass is 10.1. The third-order valence-corrected chi connectivity index (χ3v) is 2.64. The Hall–Kier alpha value is -2.24. The third-order valence-electron chi connectivity index (χ3n) is 2.64. The van der Waals surface area contributed by atoms with Crippen LogP contribution in [0.3, 0.4) is 0 Å². The monoisotopic (exact) mass is 249 g/mol. The molecular weight excluding hydrogens is 237 g/mol. The molecule has 0 spiro atoms. The first-order valence-corrected chi connectivity index (χ1v) is 5.52. The van der Waals surface area contributed by atoms with Crippen LogP contribution in [0.25, 0.3) is 0 Å². The Balaban J connectivity index is 2.35. The van der Waals surface area contributed by atoms with Crippen LogP contribution >= 0.6 is 0 Å². The van der Waals surface area contributed by atoms with E-state index in [1.54, 1.807) is 25.1 Å². The molecule has 1 heterocycles. The van der Waals surface area contributed by atoms with E-state index < -0.39 is 5.97 Å². The summed E-state index contributed by atoms with van der Waals surface area (Å²) in [6.45, 7) is 2.22. The standard InChI is InChI=1S/C12H12FN3O2/c1-2-16-10(14-15-11(16)12(17)18)7-8-5-3-4-6-9(8)13/h3-6H,2,7H2,1H3,(H,17,18). The Labute approximate surface area is 103 Å². The van der Waals surface area contributed by atoms with Gasteiger partial charge in [-0.1, -0.05) is 18.2 Å². The van der Waals surface area contributed by atoms with Crippen molar-refractivity contribution in [3.05, 3.63) is 47.3 Å². The van der Waals surface area contributed by atoms with E-state index in [1.165, 1.54) is 10.6 Å². The summed E-state index contributed by atoms with van der Waals surface area (Å²) >= 11 is 0. The highest BCUT2D eigenvalue weighted by Gasteiger charge is 2.17. The third kappa shape index (κ3) is 2.22. The number of nitrogens with zero attached hydrogens (tertiary/aromatic N) is 3. The second kappa shape index (κ2) is 4.95. The fraction of sp³-hybridized carbons (Fsp3) is 0.250. The number of rotatable bonds is 4. The molecule has 1 aromatic heterocycles. The van der Waals surface area contributed by atoms with Gasteiger partial charge in [-0.2, -0.15) is 0 Å². The molecule has 1 N–H and O–H groups in total. The van der Waals surface area contributed by atoms with Crippen molar-refractivity contribution in [1.82, 2.24) is 14.8 Å². The predicted molar refractivity (Wildman–Crippen MR) is 61.9 cm³/mol. The average Bonchev–Trinajstić information content (AvgIpc) is 2.75. The summed E-state index contributed by atoms with van der Waals surface area (Å²) in [5, 5.41) is 16.3. The molecule has 2 aromatic rings. The second-order valence-corrected chi connectivity index (χ2v) is 3.76. The van der Waals surface area contributed by atoms with Crippen LogP contribution in [0.1, 0.15) is 28.9 Å². The van der Waals surface area contributed by atoms with Crippen molar-refractivity contribution >= 4 is 5.97 Å². The topological polar surface area (TPSA) is 68.0 Å². The summed E-state index contributed by atoms with van der Waals surface area (Å²) in [7, 11) is 0. The Morgan fingerprint density at radius 1 is 1.39 bits per heavy atom. The molecule has 0 saturated carbocycles. The normalized spacial score (nSPS) is 10.6. The molecule has 0 bridgehead atoms. The molecule has 94 valence electrons. The SMILES string of the molecule is CCn1c(Cc2ccccc2F)nnc1C(=O)O. The van der Waals surface area contributed by atoms with Gasteiger partial charge in [0.1, 0.15) is 11.6 Å². The van der Waals surface area contributed by atoms with Gasteiger partial charge in [-0.05, 0) is 18.6 Å². The zero-order valence-electron chi connectivity index (χ0n) is 9.80. The molecule has 0 aliphatic heterocycles. The number of halogens is 1. The molecular formula is C12H12FN3O2. The van der Waals surface area contributed by atoms with E-state index >= 15 is 0 Å². The molecule has 0 fully saturated rings. The lowest BCUT2D eigenvalue weighted by molar-refractivity contribution is 0.0677. The van der Waals surface area contributed by atoms with Gasteiger partial charge in [0.05, 0.1) is 0 Å². The number of carboxylic acid groups (broad SMARTS) is 1. The van der Waals surface area contributed by atoms with Crippen LogP contribution in [0, 0.1) is 5.82 Å². The van der Waals surface area contributed by atoms with E-state index in [0.717, 1.165) is 0 Å². The maximum absolute atomic E-state index is 13.5. The molecule has 2 rings (SSSR count). The highest BCUT2D eigenvalue weighted by Crippen LogP contribution is 2.13. The molecule has 6 heteroatoms. The quantitative estimate of drug-likeness (QED) is 0.895. The molecule has 0 aliphatic rings. The van der Waals surface area contributed by atoms with Crippen molar-refractivity contribution in [2.24, 2.45) is 0 Å². The number of aromatic carboxylic acids is 1. The average molecular weight is 249 g/mol. The van der Waals surface area contributed by atoms with Gasteiger partial charge in [-0.25, -0.2) is 9.18 Å². The Bertz CT molecular complexity index is 580. The molecule has 5 nitrogen and oxygen atoms in total. The van der Waals surface area contributed by atoms with Crippen LogP contribution in [0.5, 0.6) is 0 Å². The summed E-state index contributed by atoms with van der Waals surface area (Å²) in [4.78, 5) is 10.9. The molecule has 18 heavy (non-hydrogen) atoms. The first kappa shape index (κ1) is 12.2. The highest BCUT2D eigenvalue weighted by molar-refractivity contribution is 5.83. The van der Waals surface area contributed by atoms with E-state index in [0.29, 0.717) is 17.9 Å². The van der Waals surface area contributed by atoms with Crippen molar-refractivity contribution in [2.75, 3.05) is 0 Å². The van der Waals surface area contributed by atoms with Gasteiger partial charge in [0.25, 0.3) is 0 Å². The number of carbonyl (C=O) groups is 1. The number of aromatic nitrogens is 3. The molecule has 0 aliphatic carbocycles. The molecule has 0 amide bonds. The van der Waals surface area contributed by atoms with Gasteiger partial charge in [0, 0.05) is 13.0 Å². The zero-order valence-corrected chi connectivity index (χ0v) is 9.80. The van der Waals surface area contributed by atoms with Gasteiger partial charge in [0.2, 0.25) is 5.82 Å². The first-order valence-electron chi connectivity index (χ1n) is 5.52. The lowest BCUT2D eigenvalue weighted by Gasteiger charge is -2.05. The Morgan fingerprint density at radius 2 is 2.11 bits per heavy atom. The molecule has 0 unspecified atom stereocenters. The van der Waals surface area contributed by atoms with Crippen LogP contribution in [-0.2, 0) is 13.0 Å². The minimum atomic E-state index is -1.14. The number of carboxylic acids is 1. The van der Waals surface area contributed by atoms with Gasteiger partial charge >= 0.3 is 5.97 Å². The summed E-state index contributed by atoms with van der Waals surface area (Å²) < 4.78 is 15.0. The van der Waals surface area contributed by atoms with E-state index in [-0.39, 0.29) is 18.1 Å². The predicted octanol–water partition coefficient (Wildman–Crippen LogP) is 1.73. The van der Waals surface area contributed by atoms with Crippen LogP contribution in [0.2, 0.25) is 0 Å². The van der Waals surface area contributed by atoms with E-state index in [9.17, 15) is 9.18 Å². The van der Waals surface area contributed by atoms with Crippen molar-refractivity contribution in [3.63, 3.8) is 0 Å². The first-order chi connectivity index (χ1) is 8.63. The summed E-state index contributed by atoms with van der Waals surface area (Å²) in [5.41, 5.74) is 0.469. The van der Waals surface area contributed by atoms with Crippen molar-refractivity contribution in [3.8, 4) is 0 Å². The van der Waals surface area contributed by atoms with Gasteiger partial charge in [0.15, 0.2) is 0 Å². The van der Waals surface area contributed by atoms with Crippen molar-refractivity contribution in [1.29, 1.82) is 0 Å². The number of hydrogen-bond acceptors (Lipinski definition) is 3. The molecule has 0 radical (unpaired) electrons. The van der Waals surface area contributed by atoms with Crippen LogP contribution < -0.4 is 0 Å². The summed E-state index contributed by atoms with van der Waals surface area (Å²) in [5.74, 6) is -1.15. The van der Waals surface area contributed by atoms with Crippen molar-refractivity contribution in [2.45, 2.75) is 19.9 Å². The van der Waals surface area contributed by atoms with Crippen LogP contribution in [0.15, 0.2) is 24.3 Å². The summed E-state index contributed by atoms with van der Waals surface area (Å²) in [6, 6.07) is 6.33. The Morgan fingerprint density at radius 3 is 2.72 bits per heavy atom.